The maximum Gasteiger partial charge on any atom is 0.255 e. The van der Waals surface area contributed by atoms with Crippen LogP contribution in [0.5, 0.6) is 0 Å². The van der Waals surface area contributed by atoms with Gasteiger partial charge in [0, 0.05) is 0 Å². The molecule has 0 radical (unpaired) electrons. The Hall–Kier alpha value is 0.110. The van der Waals surface area contributed by atoms with Crippen molar-refractivity contribution in [1.82, 2.24) is 0 Å². The van der Waals surface area contributed by atoms with Gasteiger partial charge in [-0.05, 0) is 12.8 Å². The lowest BCUT2D eigenvalue weighted by atomic mass is 10.1. The minimum atomic E-state index is -3.87. The molecule has 4 nitrogen and oxygen atoms in total. The average molecular weight is 322 g/mol. The predicted octanol–water partition coefficient (Wildman–Crippen LogP) is 4.61. The van der Waals surface area contributed by atoms with Gasteiger partial charge in [0.05, 0.1) is 0 Å². The van der Waals surface area contributed by atoms with Gasteiger partial charge < -0.3 is 15.1 Å². The van der Waals surface area contributed by atoms with Gasteiger partial charge in [-0.2, -0.15) is 0 Å². The summed E-state index contributed by atoms with van der Waals surface area (Å²) in [5.41, 5.74) is 0. The molecular weight excluding hydrogens is 287 g/mol. The molecule has 0 aliphatic heterocycles. The topological polar surface area (TPSA) is 77.8 Å². The Balaban J connectivity index is 3.92. The van der Waals surface area contributed by atoms with Crippen LogP contribution in [0.25, 0.3) is 0 Å². The fraction of sp³-hybridized carbons (Fsp3) is 1.00. The van der Waals surface area contributed by atoms with E-state index in [2.05, 4.69) is 13.8 Å². The molecule has 2 atom stereocenters. The van der Waals surface area contributed by atoms with Gasteiger partial charge in [0.25, 0.3) is 7.37 Å². The maximum atomic E-state index is 12.1. The van der Waals surface area contributed by atoms with Gasteiger partial charge in [0.15, 0.2) is 0 Å². The van der Waals surface area contributed by atoms with Gasteiger partial charge in [-0.3, -0.25) is 4.57 Å². The molecule has 0 amide bonds. The number of hydrogen-bond acceptors (Lipinski definition) is 3. The summed E-state index contributed by atoms with van der Waals surface area (Å²) >= 11 is 0. The molecule has 21 heavy (non-hydrogen) atoms. The first-order chi connectivity index (χ1) is 9.96. The van der Waals surface area contributed by atoms with Crippen molar-refractivity contribution in [3.8, 4) is 0 Å². The highest BCUT2D eigenvalue weighted by Gasteiger charge is 2.36. The van der Waals surface area contributed by atoms with Crippen LogP contribution in [0.2, 0.25) is 0 Å². The van der Waals surface area contributed by atoms with E-state index in [0.717, 1.165) is 64.2 Å². The third-order valence-electron chi connectivity index (χ3n) is 3.99. The summed E-state index contributed by atoms with van der Waals surface area (Å²) in [6, 6.07) is 0. The van der Waals surface area contributed by atoms with E-state index < -0.39 is 19.1 Å². The molecule has 0 saturated carbocycles. The second-order valence-corrected chi connectivity index (χ2v) is 8.58. The Morgan fingerprint density at radius 1 is 0.714 bits per heavy atom. The highest BCUT2D eigenvalue weighted by Crippen LogP contribution is 2.52. The van der Waals surface area contributed by atoms with Crippen molar-refractivity contribution in [2.24, 2.45) is 0 Å². The molecule has 0 rings (SSSR count). The Morgan fingerprint density at radius 3 is 1.38 bits per heavy atom. The number of aliphatic hydroxyl groups is 2. The lowest BCUT2D eigenvalue weighted by Gasteiger charge is -2.23. The van der Waals surface area contributed by atoms with Crippen molar-refractivity contribution in [2.45, 2.75) is 103 Å². The Bertz CT molecular complexity index is 259. The van der Waals surface area contributed by atoms with E-state index in [9.17, 15) is 19.7 Å². The van der Waals surface area contributed by atoms with Crippen molar-refractivity contribution in [3.63, 3.8) is 0 Å². The van der Waals surface area contributed by atoms with Gasteiger partial charge in [-0.1, -0.05) is 78.1 Å². The van der Waals surface area contributed by atoms with E-state index in [1.54, 1.807) is 0 Å². The van der Waals surface area contributed by atoms with Crippen molar-refractivity contribution in [1.29, 1.82) is 0 Å². The number of rotatable bonds is 14. The average Bonchev–Trinajstić information content (AvgIpc) is 2.46. The van der Waals surface area contributed by atoms with Crippen LogP contribution < -0.4 is 0 Å². The molecule has 0 spiro atoms. The first-order valence-corrected chi connectivity index (χ1v) is 10.4. The molecule has 0 aliphatic rings. The van der Waals surface area contributed by atoms with Crippen LogP contribution in [0.4, 0.5) is 0 Å². The van der Waals surface area contributed by atoms with E-state index in [1.165, 1.54) is 0 Å². The summed E-state index contributed by atoms with van der Waals surface area (Å²) < 4.78 is 12.1. The zero-order valence-corrected chi connectivity index (χ0v) is 14.7. The number of aliphatic hydroxyl groups excluding tert-OH is 2. The molecule has 0 fully saturated rings. The van der Waals surface area contributed by atoms with Crippen LogP contribution in [0.3, 0.4) is 0 Å². The van der Waals surface area contributed by atoms with Gasteiger partial charge in [0.1, 0.15) is 11.7 Å². The van der Waals surface area contributed by atoms with Crippen LogP contribution in [0.1, 0.15) is 90.9 Å². The molecule has 128 valence electrons. The standard InChI is InChI=1S/C16H35O4P/c1-3-5-7-9-11-13-15(17)21(19,20)16(18)14-12-10-8-6-4-2/h15-18H,3-14H2,1-2H3,(H,19,20). The summed E-state index contributed by atoms with van der Waals surface area (Å²) in [6.45, 7) is 4.27. The second kappa shape index (κ2) is 12.6. The molecule has 0 saturated heterocycles. The second-order valence-electron chi connectivity index (χ2n) is 6.04. The Labute approximate surface area is 130 Å². The minimum Gasteiger partial charge on any atom is -0.383 e. The van der Waals surface area contributed by atoms with Gasteiger partial charge in [-0.25, -0.2) is 0 Å². The quantitative estimate of drug-likeness (QED) is 0.322. The third kappa shape index (κ3) is 9.67. The SMILES string of the molecule is CCCCCCCC(O)P(=O)(O)C(O)CCCCCCC. The number of hydrogen-bond donors (Lipinski definition) is 3. The van der Waals surface area contributed by atoms with Crippen LogP contribution in [-0.4, -0.2) is 26.8 Å². The van der Waals surface area contributed by atoms with Crippen LogP contribution in [0, 0.1) is 0 Å². The summed E-state index contributed by atoms with van der Waals surface area (Å²) in [5, 5.41) is 19.7. The first kappa shape index (κ1) is 21.1. The molecular formula is C16H35O4P. The van der Waals surface area contributed by atoms with E-state index in [0.29, 0.717) is 12.8 Å². The van der Waals surface area contributed by atoms with Crippen molar-refractivity contribution in [2.75, 3.05) is 0 Å². The van der Waals surface area contributed by atoms with E-state index in [-0.39, 0.29) is 0 Å². The molecule has 0 bridgehead atoms. The smallest absolute Gasteiger partial charge is 0.255 e. The monoisotopic (exact) mass is 322 g/mol. The highest BCUT2D eigenvalue weighted by atomic mass is 31.2. The van der Waals surface area contributed by atoms with Crippen molar-refractivity contribution in [3.05, 3.63) is 0 Å². The molecule has 0 aromatic rings. The normalized spacial score (nSPS) is 17.4. The number of unbranched alkanes of at least 4 members (excludes halogenated alkanes) is 8. The minimum absolute atomic E-state index is 0.310. The van der Waals surface area contributed by atoms with Crippen molar-refractivity contribution >= 4 is 7.37 Å². The summed E-state index contributed by atoms with van der Waals surface area (Å²) in [6.07, 6.45) is 10.9. The fourth-order valence-corrected chi connectivity index (χ4v) is 3.93. The Kier molecular flexibility index (Phi) is 12.7. The zero-order chi connectivity index (χ0) is 16.1. The first-order valence-electron chi connectivity index (χ1n) is 8.65. The Morgan fingerprint density at radius 2 is 1.05 bits per heavy atom. The molecule has 5 heteroatoms. The molecule has 3 N–H and O–H groups in total. The lowest BCUT2D eigenvalue weighted by molar-refractivity contribution is 0.169. The summed E-state index contributed by atoms with van der Waals surface area (Å²) in [4.78, 5) is 9.91. The zero-order valence-electron chi connectivity index (χ0n) is 13.8. The summed E-state index contributed by atoms with van der Waals surface area (Å²) in [5.74, 6) is -2.55. The van der Waals surface area contributed by atoms with E-state index in [4.69, 9.17) is 0 Å². The van der Waals surface area contributed by atoms with Gasteiger partial charge >= 0.3 is 0 Å². The molecule has 0 aromatic carbocycles. The van der Waals surface area contributed by atoms with Crippen LogP contribution >= 0.6 is 7.37 Å². The lowest BCUT2D eigenvalue weighted by Crippen LogP contribution is -2.18. The third-order valence-corrected chi connectivity index (χ3v) is 6.21. The van der Waals surface area contributed by atoms with Crippen molar-refractivity contribution < 1.29 is 19.7 Å². The molecule has 0 aromatic heterocycles. The fourth-order valence-electron chi connectivity index (χ4n) is 2.43. The summed E-state index contributed by atoms with van der Waals surface area (Å²) in [7, 11) is -3.87. The highest BCUT2D eigenvalue weighted by molar-refractivity contribution is 7.59. The van der Waals surface area contributed by atoms with Gasteiger partial charge in [-0.15, -0.1) is 0 Å². The molecule has 0 heterocycles. The maximum absolute atomic E-state index is 12.1. The van der Waals surface area contributed by atoms with E-state index >= 15 is 0 Å². The van der Waals surface area contributed by atoms with Crippen LogP contribution in [-0.2, 0) is 4.57 Å². The van der Waals surface area contributed by atoms with Gasteiger partial charge in [0.2, 0.25) is 0 Å². The molecule has 0 aliphatic carbocycles. The largest absolute Gasteiger partial charge is 0.383 e. The predicted molar refractivity (Wildman–Crippen MR) is 88.6 cm³/mol. The van der Waals surface area contributed by atoms with E-state index in [1.807, 2.05) is 0 Å². The molecule has 2 unspecified atom stereocenters. The van der Waals surface area contributed by atoms with Crippen LogP contribution in [0.15, 0.2) is 0 Å².